The molecule has 1 aliphatic heterocycles. The molecule has 35 heavy (non-hydrogen) atoms. The van der Waals surface area contributed by atoms with Crippen molar-refractivity contribution in [2.24, 2.45) is 0 Å². The van der Waals surface area contributed by atoms with E-state index in [1.807, 2.05) is 48.5 Å². The van der Waals surface area contributed by atoms with Crippen molar-refractivity contribution in [3.63, 3.8) is 0 Å². The Balaban J connectivity index is 1.61. The van der Waals surface area contributed by atoms with Crippen molar-refractivity contribution in [1.82, 2.24) is 4.90 Å². The Morgan fingerprint density at radius 3 is 2.43 bits per heavy atom. The van der Waals surface area contributed by atoms with Crippen LogP contribution in [0.15, 0.2) is 89.8 Å². The van der Waals surface area contributed by atoms with Gasteiger partial charge in [-0.15, -0.1) is 0 Å². The third-order valence-corrected chi connectivity index (χ3v) is 7.88. The van der Waals surface area contributed by atoms with Gasteiger partial charge in [0.1, 0.15) is 0 Å². The van der Waals surface area contributed by atoms with E-state index in [2.05, 4.69) is 6.92 Å². The first-order chi connectivity index (χ1) is 17.0. The van der Waals surface area contributed by atoms with E-state index in [0.29, 0.717) is 30.9 Å². The number of likely N-dealkylation sites (tertiary alicyclic amines) is 1. The molecule has 0 aromatic heterocycles. The Morgan fingerprint density at radius 1 is 1.00 bits per heavy atom. The molecular formula is C28H32N2O4S. The normalized spacial score (nSPS) is 16.1. The molecule has 1 heterocycles. The molecule has 1 saturated heterocycles. The minimum Gasteiger partial charge on any atom is -0.376 e. The van der Waals surface area contributed by atoms with E-state index in [1.54, 1.807) is 35.2 Å². The predicted octanol–water partition coefficient (Wildman–Crippen LogP) is 5.11. The smallest absolute Gasteiger partial charge is 0.264 e. The van der Waals surface area contributed by atoms with Gasteiger partial charge in [0.25, 0.3) is 15.9 Å². The third-order valence-electron chi connectivity index (χ3n) is 6.11. The second kappa shape index (κ2) is 11.5. The van der Waals surface area contributed by atoms with Crippen LogP contribution >= 0.6 is 0 Å². The van der Waals surface area contributed by atoms with E-state index in [1.165, 1.54) is 10.4 Å². The molecule has 1 aliphatic rings. The van der Waals surface area contributed by atoms with E-state index < -0.39 is 10.0 Å². The van der Waals surface area contributed by atoms with Crippen LogP contribution in [0.3, 0.4) is 0 Å². The van der Waals surface area contributed by atoms with Crippen molar-refractivity contribution in [2.75, 3.05) is 24.0 Å². The standard InChI is InChI=1S/C28H32N2O4S/c1-2-19-34-26-16-10-18-29(22-26)28(31)24-13-9-17-27(20-24)35(32,33)30(25-14-7-4-8-15-25)21-23-11-5-3-6-12-23/h3-9,11-15,17,20,26H,2,10,16,18-19,21-22H2,1H3. The number of nitrogens with zero attached hydrogens (tertiary/aromatic N) is 2. The summed E-state index contributed by atoms with van der Waals surface area (Å²) < 4.78 is 34.9. The van der Waals surface area contributed by atoms with Crippen molar-refractivity contribution >= 4 is 21.6 Å². The van der Waals surface area contributed by atoms with Crippen LogP contribution in [0.4, 0.5) is 5.69 Å². The minimum atomic E-state index is -3.92. The maximum absolute atomic E-state index is 13.8. The average molecular weight is 493 g/mol. The first kappa shape index (κ1) is 24.9. The highest BCUT2D eigenvalue weighted by molar-refractivity contribution is 7.92. The quantitative estimate of drug-likeness (QED) is 0.416. The van der Waals surface area contributed by atoms with Gasteiger partial charge >= 0.3 is 0 Å². The number of sulfonamides is 1. The molecule has 0 spiro atoms. The number of amides is 1. The molecule has 7 heteroatoms. The number of hydrogen-bond donors (Lipinski definition) is 0. The molecule has 1 atom stereocenters. The lowest BCUT2D eigenvalue weighted by molar-refractivity contribution is 0.00210. The van der Waals surface area contributed by atoms with Gasteiger partial charge in [0, 0.05) is 25.3 Å². The Kier molecular flexibility index (Phi) is 8.21. The van der Waals surface area contributed by atoms with Gasteiger partial charge in [0.15, 0.2) is 0 Å². The van der Waals surface area contributed by atoms with Crippen molar-refractivity contribution in [2.45, 2.75) is 43.7 Å². The summed E-state index contributed by atoms with van der Waals surface area (Å²) >= 11 is 0. The van der Waals surface area contributed by atoms with E-state index in [4.69, 9.17) is 4.74 Å². The number of anilines is 1. The third kappa shape index (κ3) is 6.10. The summed E-state index contributed by atoms with van der Waals surface area (Å²) in [4.78, 5) is 15.2. The summed E-state index contributed by atoms with van der Waals surface area (Å²) in [5, 5.41) is 0. The Hall–Kier alpha value is -3.16. The fourth-order valence-corrected chi connectivity index (χ4v) is 5.80. The maximum Gasteiger partial charge on any atom is 0.264 e. The summed E-state index contributed by atoms with van der Waals surface area (Å²) in [5.41, 5.74) is 1.81. The molecule has 3 aromatic rings. The molecule has 4 rings (SSSR count). The van der Waals surface area contributed by atoms with Gasteiger partial charge in [-0.05, 0) is 55.2 Å². The van der Waals surface area contributed by atoms with Gasteiger partial charge in [-0.1, -0.05) is 61.5 Å². The first-order valence-electron chi connectivity index (χ1n) is 12.1. The van der Waals surface area contributed by atoms with E-state index in [-0.39, 0.29) is 23.5 Å². The molecule has 0 aliphatic carbocycles. The van der Waals surface area contributed by atoms with Gasteiger partial charge in [0.05, 0.1) is 23.2 Å². The van der Waals surface area contributed by atoms with Crippen LogP contribution in [0, 0.1) is 0 Å². The lowest BCUT2D eigenvalue weighted by atomic mass is 10.1. The molecule has 0 saturated carbocycles. The molecule has 184 valence electrons. The lowest BCUT2D eigenvalue weighted by Crippen LogP contribution is -2.43. The fourth-order valence-electron chi connectivity index (χ4n) is 4.30. The van der Waals surface area contributed by atoms with Crippen LogP contribution in [-0.2, 0) is 21.3 Å². The molecule has 0 radical (unpaired) electrons. The number of benzene rings is 3. The van der Waals surface area contributed by atoms with Crippen molar-refractivity contribution in [1.29, 1.82) is 0 Å². The number of ether oxygens (including phenoxy) is 1. The van der Waals surface area contributed by atoms with Gasteiger partial charge in [0.2, 0.25) is 0 Å². The van der Waals surface area contributed by atoms with Crippen LogP contribution in [0.2, 0.25) is 0 Å². The summed E-state index contributed by atoms with van der Waals surface area (Å²) in [5.74, 6) is -0.166. The minimum absolute atomic E-state index is 0.0269. The second-order valence-electron chi connectivity index (χ2n) is 8.75. The monoisotopic (exact) mass is 492 g/mol. The second-order valence-corrected chi connectivity index (χ2v) is 10.6. The Bertz CT molecular complexity index is 1220. The van der Waals surface area contributed by atoms with E-state index in [9.17, 15) is 13.2 Å². The number of para-hydroxylation sites is 1. The van der Waals surface area contributed by atoms with Crippen molar-refractivity contribution < 1.29 is 17.9 Å². The highest BCUT2D eigenvalue weighted by Crippen LogP contribution is 2.27. The largest absolute Gasteiger partial charge is 0.376 e. The van der Waals surface area contributed by atoms with Gasteiger partial charge in [-0.25, -0.2) is 8.42 Å². The molecule has 6 nitrogen and oxygen atoms in total. The summed E-state index contributed by atoms with van der Waals surface area (Å²) in [6, 6.07) is 24.9. The summed E-state index contributed by atoms with van der Waals surface area (Å²) in [7, 11) is -3.92. The zero-order chi connectivity index (χ0) is 24.7. The summed E-state index contributed by atoms with van der Waals surface area (Å²) in [6.07, 6.45) is 2.77. The molecule has 3 aromatic carbocycles. The predicted molar refractivity (Wildman–Crippen MR) is 138 cm³/mol. The molecule has 0 bridgehead atoms. The fraction of sp³-hybridized carbons (Fsp3) is 0.321. The van der Waals surface area contributed by atoms with Crippen LogP contribution in [0.25, 0.3) is 0 Å². The summed E-state index contributed by atoms with van der Waals surface area (Å²) in [6.45, 7) is 4.10. The highest BCUT2D eigenvalue weighted by Gasteiger charge is 2.28. The zero-order valence-corrected chi connectivity index (χ0v) is 20.9. The van der Waals surface area contributed by atoms with Crippen LogP contribution < -0.4 is 4.31 Å². The van der Waals surface area contributed by atoms with E-state index >= 15 is 0 Å². The number of carbonyl (C=O) groups is 1. The molecule has 1 fully saturated rings. The van der Waals surface area contributed by atoms with Crippen LogP contribution in [-0.4, -0.2) is 45.0 Å². The number of hydrogen-bond acceptors (Lipinski definition) is 4. The van der Waals surface area contributed by atoms with E-state index in [0.717, 1.165) is 24.8 Å². The molecular weight excluding hydrogens is 460 g/mol. The number of rotatable bonds is 9. The first-order valence-corrected chi connectivity index (χ1v) is 13.6. The average Bonchev–Trinajstić information content (AvgIpc) is 2.91. The topological polar surface area (TPSA) is 66.9 Å². The number of piperidine rings is 1. The van der Waals surface area contributed by atoms with Gasteiger partial charge in [-0.3, -0.25) is 9.10 Å². The van der Waals surface area contributed by atoms with Crippen LogP contribution in [0.5, 0.6) is 0 Å². The Morgan fingerprint density at radius 2 is 1.71 bits per heavy atom. The van der Waals surface area contributed by atoms with Crippen molar-refractivity contribution in [3.8, 4) is 0 Å². The van der Waals surface area contributed by atoms with Gasteiger partial charge in [-0.2, -0.15) is 0 Å². The SMILES string of the molecule is CCCOC1CCCN(C(=O)c2cccc(S(=O)(=O)N(Cc3ccccc3)c3ccccc3)c2)C1. The van der Waals surface area contributed by atoms with Crippen LogP contribution in [0.1, 0.15) is 42.1 Å². The van der Waals surface area contributed by atoms with Crippen molar-refractivity contribution in [3.05, 3.63) is 96.1 Å². The molecule has 1 amide bonds. The number of carbonyl (C=O) groups excluding carboxylic acids is 1. The maximum atomic E-state index is 13.8. The highest BCUT2D eigenvalue weighted by atomic mass is 32.2. The lowest BCUT2D eigenvalue weighted by Gasteiger charge is -2.33. The zero-order valence-electron chi connectivity index (χ0n) is 20.0. The van der Waals surface area contributed by atoms with Gasteiger partial charge < -0.3 is 9.64 Å². The molecule has 0 N–H and O–H groups in total. The Labute approximate surface area is 208 Å². The molecule has 1 unspecified atom stereocenters.